The van der Waals surface area contributed by atoms with Gasteiger partial charge < -0.3 is 5.32 Å². The summed E-state index contributed by atoms with van der Waals surface area (Å²) in [6.07, 6.45) is 13.2. The zero-order valence-corrected chi connectivity index (χ0v) is 19.1. The van der Waals surface area contributed by atoms with Crippen LogP contribution in [0.3, 0.4) is 0 Å². The highest BCUT2D eigenvalue weighted by molar-refractivity contribution is 5.73. The van der Waals surface area contributed by atoms with Gasteiger partial charge in [-0.15, -0.1) is 0 Å². The van der Waals surface area contributed by atoms with E-state index in [1.54, 1.807) is 6.20 Å². The van der Waals surface area contributed by atoms with Crippen molar-refractivity contribution in [2.45, 2.75) is 51.5 Å². The van der Waals surface area contributed by atoms with Crippen molar-refractivity contribution in [1.29, 1.82) is 0 Å². The second-order valence-corrected chi connectivity index (χ2v) is 8.76. The van der Waals surface area contributed by atoms with Crippen LogP contribution in [0.5, 0.6) is 0 Å². The molecule has 3 aromatic rings. The van der Waals surface area contributed by atoms with E-state index in [-0.39, 0.29) is 0 Å². The fraction of sp³-hybridized carbons (Fsp3) is 0.276. The minimum Gasteiger partial charge on any atom is -0.382 e. The lowest BCUT2D eigenvalue weighted by Crippen LogP contribution is -2.30. The van der Waals surface area contributed by atoms with Crippen molar-refractivity contribution in [3.8, 4) is 5.69 Å². The summed E-state index contributed by atoms with van der Waals surface area (Å²) in [5.74, 6) is 0. The van der Waals surface area contributed by atoms with Gasteiger partial charge in [0.25, 0.3) is 0 Å². The predicted molar refractivity (Wildman–Crippen MR) is 135 cm³/mol. The molecule has 1 aliphatic carbocycles. The van der Waals surface area contributed by atoms with Crippen LogP contribution in [0.1, 0.15) is 48.8 Å². The predicted octanol–water partition coefficient (Wildman–Crippen LogP) is 6.80. The highest BCUT2D eigenvalue weighted by Gasteiger charge is 2.14. The molecule has 3 nitrogen and oxygen atoms in total. The van der Waals surface area contributed by atoms with Gasteiger partial charge >= 0.3 is 0 Å². The van der Waals surface area contributed by atoms with Gasteiger partial charge in [-0.3, -0.25) is 0 Å². The molecule has 1 fully saturated rings. The van der Waals surface area contributed by atoms with E-state index in [0.717, 1.165) is 23.4 Å². The Hall–Kier alpha value is -3.33. The standard InChI is InChI=1S/C29H33N3/c1-22-10-7-8-13-29(22)26(20-23(2)24(3)31-27-11-5-4-6-12-27)21-25-14-16-28(17-15-25)32-19-9-18-30-32/h7-10,13-20,27,31H,2-6,11-12,21H2,1H3/b26-20-. The molecule has 0 radical (unpaired) electrons. The number of aromatic nitrogens is 2. The molecule has 32 heavy (non-hydrogen) atoms. The molecule has 0 aliphatic heterocycles. The number of allylic oxidation sites excluding steroid dienone is 2. The van der Waals surface area contributed by atoms with Crippen molar-refractivity contribution in [2.75, 3.05) is 0 Å². The quantitative estimate of drug-likeness (QED) is 0.404. The summed E-state index contributed by atoms with van der Waals surface area (Å²) in [7, 11) is 0. The van der Waals surface area contributed by atoms with E-state index in [0.29, 0.717) is 6.04 Å². The SMILES string of the molecule is C=C(/C=C(/Cc1ccc(-n2cccn2)cc1)c1ccccc1C)C(=C)NC1CCCCC1. The summed E-state index contributed by atoms with van der Waals surface area (Å²) in [6.45, 7) is 10.8. The summed E-state index contributed by atoms with van der Waals surface area (Å²) < 4.78 is 1.88. The van der Waals surface area contributed by atoms with Crippen LogP contribution < -0.4 is 5.32 Å². The molecule has 1 aliphatic rings. The first-order chi connectivity index (χ1) is 15.6. The zero-order valence-electron chi connectivity index (χ0n) is 19.1. The third-order valence-electron chi connectivity index (χ3n) is 6.31. The van der Waals surface area contributed by atoms with E-state index in [9.17, 15) is 0 Å². The molecule has 3 heteroatoms. The topological polar surface area (TPSA) is 29.9 Å². The molecule has 0 atom stereocenters. The highest BCUT2D eigenvalue weighted by Crippen LogP contribution is 2.27. The molecule has 0 saturated heterocycles. The van der Waals surface area contributed by atoms with Crippen LogP contribution in [-0.4, -0.2) is 15.8 Å². The maximum atomic E-state index is 4.35. The molecule has 1 heterocycles. The van der Waals surface area contributed by atoms with Crippen molar-refractivity contribution in [1.82, 2.24) is 15.1 Å². The smallest absolute Gasteiger partial charge is 0.0645 e. The maximum absolute atomic E-state index is 4.35. The van der Waals surface area contributed by atoms with Crippen LogP contribution in [0.4, 0.5) is 0 Å². The lowest BCUT2D eigenvalue weighted by atomic mass is 9.92. The highest BCUT2D eigenvalue weighted by atomic mass is 15.3. The van der Waals surface area contributed by atoms with Gasteiger partial charge in [0.15, 0.2) is 0 Å². The number of hydrogen-bond donors (Lipinski definition) is 1. The molecule has 2 aromatic carbocycles. The molecule has 164 valence electrons. The Bertz CT molecular complexity index is 1080. The molecule has 1 aromatic heterocycles. The lowest BCUT2D eigenvalue weighted by Gasteiger charge is -2.25. The number of rotatable bonds is 8. The third kappa shape index (κ3) is 5.47. The van der Waals surface area contributed by atoms with Crippen molar-refractivity contribution in [3.05, 3.63) is 114 Å². The Morgan fingerprint density at radius 3 is 2.47 bits per heavy atom. The summed E-state index contributed by atoms with van der Waals surface area (Å²) in [5.41, 5.74) is 8.01. The van der Waals surface area contributed by atoms with Crippen molar-refractivity contribution < 1.29 is 0 Å². The minimum atomic E-state index is 0.526. The van der Waals surface area contributed by atoms with Gasteiger partial charge in [0.05, 0.1) is 5.69 Å². The van der Waals surface area contributed by atoms with Crippen molar-refractivity contribution >= 4 is 5.57 Å². The molecule has 0 unspecified atom stereocenters. The Kier molecular flexibility index (Phi) is 7.06. The first kappa shape index (κ1) is 21.9. The van der Waals surface area contributed by atoms with E-state index in [1.807, 2.05) is 16.9 Å². The van der Waals surface area contributed by atoms with Gasteiger partial charge in [-0.2, -0.15) is 5.10 Å². The fourth-order valence-electron chi connectivity index (χ4n) is 4.45. The number of benzene rings is 2. The normalized spacial score (nSPS) is 14.8. The average molecular weight is 424 g/mol. The van der Waals surface area contributed by atoms with Gasteiger partial charge in [0, 0.05) is 24.1 Å². The fourth-order valence-corrected chi connectivity index (χ4v) is 4.45. The van der Waals surface area contributed by atoms with Crippen LogP contribution in [0.15, 0.2) is 97.5 Å². The molecule has 0 amide bonds. The van der Waals surface area contributed by atoms with Gasteiger partial charge in [0.1, 0.15) is 0 Å². The van der Waals surface area contributed by atoms with E-state index in [2.05, 4.69) is 85.1 Å². The van der Waals surface area contributed by atoms with E-state index in [1.165, 1.54) is 54.4 Å². The first-order valence-electron chi connectivity index (χ1n) is 11.6. The molecular formula is C29H33N3. The van der Waals surface area contributed by atoms with E-state index >= 15 is 0 Å². The van der Waals surface area contributed by atoms with Gasteiger partial charge in [-0.25, -0.2) is 4.68 Å². The molecule has 0 bridgehead atoms. The molecular weight excluding hydrogens is 390 g/mol. The van der Waals surface area contributed by atoms with Crippen molar-refractivity contribution in [3.63, 3.8) is 0 Å². The Morgan fingerprint density at radius 1 is 1.03 bits per heavy atom. The zero-order chi connectivity index (χ0) is 22.3. The van der Waals surface area contributed by atoms with Gasteiger partial charge in [-0.1, -0.05) is 68.8 Å². The molecule has 1 N–H and O–H groups in total. The van der Waals surface area contributed by atoms with Crippen LogP contribution in [0, 0.1) is 6.92 Å². The summed E-state index contributed by atoms with van der Waals surface area (Å²) in [6, 6.07) is 19.6. The lowest BCUT2D eigenvalue weighted by molar-refractivity contribution is 0.399. The largest absolute Gasteiger partial charge is 0.382 e. The third-order valence-corrected chi connectivity index (χ3v) is 6.31. The Labute approximate surface area is 192 Å². The number of hydrogen-bond acceptors (Lipinski definition) is 2. The summed E-state index contributed by atoms with van der Waals surface area (Å²) >= 11 is 0. The molecule has 1 saturated carbocycles. The molecule has 4 rings (SSSR count). The first-order valence-corrected chi connectivity index (χ1v) is 11.6. The van der Waals surface area contributed by atoms with Gasteiger partial charge in [0.2, 0.25) is 0 Å². The number of aryl methyl sites for hydroxylation is 1. The van der Waals surface area contributed by atoms with Crippen LogP contribution >= 0.6 is 0 Å². The second-order valence-electron chi connectivity index (χ2n) is 8.76. The van der Waals surface area contributed by atoms with E-state index < -0.39 is 0 Å². The van der Waals surface area contributed by atoms with Gasteiger partial charge in [-0.05, 0) is 78.3 Å². The summed E-state index contributed by atoms with van der Waals surface area (Å²) in [4.78, 5) is 0. The van der Waals surface area contributed by atoms with E-state index in [4.69, 9.17) is 0 Å². The maximum Gasteiger partial charge on any atom is 0.0645 e. The summed E-state index contributed by atoms with van der Waals surface area (Å²) in [5, 5.41) is 7.95. The second kappa shape index (κ2) is 10.3. The van der Waals surface area contributed by atoms with Crippen LogP contribution in [-0.2, 0) is 6.42 Å². The Balaban J connectivity index is 1.55. The minimum absolute atomic E-state index is 0.526. The van der Waals surface area contributed by atoms with Crippen molar-refractivity contribution in [2.24, 2.45) is 0 Å². The average Bonchev–Trinajstić information content (AvgIpc) is 3.35. The Morgan fingerprint density at radius 2 is 1.78 bits per heavy atom. The number of nitrogens with zero attached hydrogens (tertiary/aromatic N) is 2. The molecule has 0 spiro atoms. The van der Waals surface area contributed by atoms with Crippen LogP contribution in [0.2, 0.25) is 0 Å². The monoisotopic (exact) mass is 423 g/mol. The number of nitrogens with one attached hydrogen (secondary N) is 1. The van der Waals surface area contributed by atoms with Crippen LogP contribution in [0.25, 0.3) is 11.3 Å².